The second-order valence-corrected chi connectivity index (χ2v) is 6.06. The number of ether oxygens (including phenoxy) is 1. The molecule has 1 amide bonds. The van der Waals surface area contributed by atoms with Crippen molar-refractivity contribution in [1.82, 2.24) is 4.90 Å². The molecular formula is C17H26N2O2. The maximum Gasteiger partial charge on any atom is 0.223 e. The van der Waals surface area contributed by atoms with Crippen molar-refractivity contribution in [2.24, 2.45) is 11.1 Å². The predicted molar refractivity (Wildman–Crippen MR) is 84.0 cm³/mol. The summed E-state index contributed by atoms with van der Waals surface area (Å²) >= 11 is 0. The van der Waals surface area contributed by atoms with Crippen molar-refractivity contribution in [2.45, 2.75) is 39.2 Å². The first-order valence-electron chi connectivity index (χ1n) is 7.74. The minimum Gasteiger partial charge on any atom is -0.494 e. The molecule has 2 rings (SSSR count). The lowest BCUT2D eigenvalue weighted by molar-refractivity contribution is -0.134. The summed E-state index contributed by atoms with van der Waals surface area (Å²) in [6.45, 7) is 3.88. The Morgan fingerprint density at radius 2 is 2.00 bits per heavy atom. The standard InChI is InChI=1S/C17H26N2O2/c1-3-21-15-7-5-14(6-8-15)12-19(2)16(20)11-17(13-18)9-4-10-17/h5-8H,3-4,9-13,18H2,1-2H3. The van der Waals surface area contributed by atoms with Crippen molar-refractivity contribution < 1.29 is 9.53 Å². The molecule has 1 aromatic carbocycles. The predicted octanol–water partition coefficient (Wildman–Crippen LogP) is 2.56. The molecule has 4 nitrogen and oxygen atoms in total. The monoisotopic (exact) mass is 290 g/mol. The minimum absolute atomic E-state index is 0.0736. The SMILES string of the molecule is CCOc1ccc(CN(C)C(=O)CC2(CN)CCC2)cc1. The fourth-order valence-corrected chi connectivity index (χ4v) is 2.81. The summed E-state index contributed by atoms with van der Waals surface area (Å²) in [7, 11) is 1.86. The van der Waals surface area contributed by atoms with Gasteiger partial charge in [-0.3, -0.25) is 4.79 Å². The maximum absolute atomic E-state index is 12.3. The van der Waals surface area contributed by atoms with E-state index < -0.39 is 0 Å². The first kappa shape index (κ1) is 15.8. The van der Waals surface area contributed by atoms with Crippen molar-refractivity contribution in [2.75, 3.05) is 20.2 Å². The Kier molecular flexibility index (Phi) is 5.23. The number of hydrogen-bond acceptors (Lipinski definition) is 3. The van der Waals surface area contributed by atoms with Gasteiger partial charge in [0.05, 0.1) is 6.61 Å². The molecule has 0 atom stereocenters. The number of carbonyl (C=O) groups is 1. The highest BCUT2D eigenvalue weighted by atomic mass is 16.5. The average Bonchev–Trinajstić information content (AvgIpc) is 2.45. The zero-order valence-electron chi connectivity index (χ0n) is 13.1. The zero-order chi connectivity index (χ0) is 15.3. The molecule has 0 aromatic heterocycles. The van der Waals surface area contributed by atoms with Gasteiger partial charge >= 0.3 is 0 Å². The van der Waals surface area contributed by atoms with E-state index >= 15 is 0 Å². The quantitative estimate of drug-likeness (QED) is 0.839. The number of nitrogens with two attached hydrogens (primary N) is 1. The van der Waals surface area contributed by atoms with Gasteiger partial charge in [0, 0.05) is 20.0 Å². The van der Waals surface area contributed by atoms with Gasteiger partial charge in [0.2, 0.25) is 5.91 Å². The first-order chi connectivity index (χ1) is 10.1. The van der Waals surface area contributed by atoms with Gasteiger partial charge in [-0.2, -0.15) is 0 Å². The van der Waals surface area contributed by atoms with Crippen molar-refractivity contribution in [3.63, 3.8) is 0 Å². The lowest BCUT2D eigenvalue weighted by Gasteiger charge is -2.41. The van der Waals surface area contributed by atoms with E-state index in [-0.39, 0.29) is 11.3 Å². The van der Waals surface area contributed by atoms with Gasteiger partial charge in [0.15, 0.2) is 0 Å². The van der Waals surface area contributed by atoms with Crippen LogP contribution < -0.4 is 10.5 Å². The minimum atomic E-state index is 0.0736. The van der Waals surface area contributed by atoms with Crippen LogP contribution in [0.25, 0.3) is 0 Å². The Labute approximate surface area is 127 Å². The summed E-state index contributed by atoms with van der Waals surface area (Å²) < 4.78 is 5.42. The van der Waals surface area contributed by atoms with Crippen molar-refractivity contribution >= 4 is 5.91 Å². The molecule has 116 valence electrons. The number of hydrogen-bond donors (Lipinski definition) is 1. The molecule has 0 bridgehead atoms. The second kappa shape index (κ2) is 6.94. The van der Waals surface area contributed by atoms with Crippen molar-refractivity contribution in [3.8, 4) is 5.75 Å². The van der Waals surface area contributed by atoms with Crippen molar-refractivity contribution in [3.05, 3.63) is 29.8 Å². The van der Waals surface area contributed by atoms with Gasteiger partial charge < -0.3 is 15.4 Å². The Bertz CT molecular complexity index is 461. The average molecular weight is 290 g/mol. The third-order valence-corrected chi connectivity index (χ3v) is 4.45. The lowest BCUT2D eigenvalue weighted by atomic mass is 9.66. The summed E-state index contributed by atoms with van der Waals surface area (Å²) in [6, 6.07) is 7.92. The number of rotatable bonds is 7. The normalized spacial score (nSPS) is 16.1. The molecule has 1 aliphatic carbocycles. The van der Waals surface area contributed by atoms with Crippen LogP contribution in [0, 0.1) is 5.41 Å². The highest BCUT2D eigenvalue weighted by molar-refractivity contribution is 5.76. The highest BCUT2D eigenvalue weighted by Gasteiger charge is 2.38. The van der Waals surface area contributed by atoms with E-state index in [1.54, 1.807) is 4.90 Å². The largest absolute Gasteiger partial charge is 0.494 e. The molecule has 0 heterocycles. The molecule has 21 heavy (non-hydrogen) atoms. The van der Waals surface area contributed by atoms with E-state index in [9.17, 15) is 4.79 Å². The summed E-state index contributed by atoms with van der Waals surface area (Å²) in [6.07, 6.45) is 3.96. The van der Waals surface area contributed by atoms with Crippen LogP contribution >= 0.6 is 0 Å². The second-order valence-electron chi connectivity index (χ2n) is 6.06. The Morgan fingerprint density at radius 3 is 2.48 bits per heavy atom. The topological polar surface area (TPSA) is 55.6 Å². The van der Waals surface area contributed by atoms with Crippen LogP contribution in [-0.4, -0.2) is 31.0 Å². The first-order valence-corrected chi connectivity index (χ1v) is 7.74. The van der Waals surface area contributed by atoms with Gasteiger partial charge in [0.25, 0.3) is 0 Å². The number of carbonyl (C=O) groups excluding carboxylic acids is 1. The van der Waals surface area contributed by atoms with Crippen LogP contribution in [0.2, 0.25) is 0 Å². The van der Waals surface area contributed by atoms with Crippen molar-refractivity contribution in [1.29, 1.82) is 0 Å². The fourth-order valence-electron chi connectivity index (χ4n) is 2.81. The smallest absolute Gasteiger partial charge is 0.223 e. The molecule has 0 aliphatic heterocycles. The van der Waals surface area contributed by atoms with Gasteiger partial charge in [0.1, 0.15) is 5.75 Å². The third-order valence-electron chi connectivity index (χ3n) is 4.45. The van der Waals surface area contributed by atoms with Gasteiger partial charge in [-0.25, -0.2) is 0 Å². The molecule has 1 saturated carbocycles. The van der Waals surface area contributed by atoms with Gasteiger partial charge in [-0.1, -0.05) is 18.6 Å². The van der Waals surface area contributed by atoms with Crippen LogP contribution in [0.3, 0.4) is 0 Å². The molecule has 0 unspecified atom stereocenters. The number of nitrogens with zero attached hydrogens (tertiary/aromatic N) is 1. The molecule has 2 N–H and O–H groups in total. The summed E-state index contributed by atoms with van der Waals surface area (Å²) in [4.78, 5) is 14.1. The molecule has 1 fully saturated rings. The maximum atomic E-state index is 12.3. The highest BCUT2D eigenvalue weighted by Crippen LogP contribution is 2.43. The number of amides is 1. The van der Waals surface area contributed by atoms with E-state index in [0.717, 1.165) is 24.2 Å². The van der Waals surface area contributed by atoms with Gasteiger partial charge in [-0.15, -0.1) is 0 Å². The van der Waals surface area contributed by atoms with Crippen LogP contribution in [0.15, 0.2) is 24.3 Å². The summed E-state index contributed by atoms with van der Waals surface area (Å²) in [5, 5.41) is 0. The molecule has 1 aromatic rings. The lowest BCUT2D eigenvalue weighted by Crippen LogP contribution is -2.42. The van der Waals surface area contributed by atoms with E-state index in [1.165, 1.54) is 6.42 Å². The molecular weight excluding hydrogens is 264 g/mol. The number of benzene rings is 1. The van der Waals surface area contributed by atoms with Crippen LogP contribution in [0.5, 0.6) is 5.75 Å². The summed E-state index contributed by atoms with van der Waals surface area (Å²) in [5.74, 6) is 1.06. The molecule has 1 aliphatic rings. The van der Waals surface area contributed by atoms with E-state index in [4.69, 9.17) is 10.5 Å². The molecule has 0 radical (unpaired) electrons. The van der Waals surface area contributed by atoms with E-state index in [0.29, 0.717) is 26.1 Å². The fraction of sp³-hybridized carbons (Fsp3) is 0.588. The Morgan fingerprint density at radius 1 is 1.33 bits per heavy atom. The van der Waals surface area contributed by atoms with E-state index in [2.05, 4.69) is 0 Å². The van der Waals surface area contributed by atoms with Crippen LogP contribution in [0.1, 0.15) is 38.2 Å². The van der Waals surface area contributed by atoms with Gasteiger partial charge in [-0.05, 0) is 49.4 Å². The Hall–Kier alpha value is -1.55. The molecule has 4 heteroatoms. The summed E-state index contributed by atoms with van der Waals surface area (Å²) in [5.41, 5.74) is 7.02. The Balaban J connectivity index is 1.88. The zero-order valence-corrected chi connectivity index (χ0v) is 13.1. The van der Waals surface area contributed by atoms with E-state index in [1.807, 2.05) is 38.2 Å². The van der Waals surface area contributed by atoms with Crippen LogP contribution in [0.4, 0.5) is 0 Å². The third kappa shape index (κ3) is 3.97. The molecule has 0 spiro atoms. The van der Waals surface area contributed by atoms with Crippen LogP contribution in [-0.2, 0) is 11.3 Å². The molecule has 0 saturated heterocycles.